The Morgan fingerprint density at radius 2 is 1.91 bits per heavy atom. The number of rotatable bonds is 5. The first-order valence-electron chi connectivity index (χ1n) is 11.2. The van der Waals surface area contributed by atoms with Crippen molar-refractivity contribution in [1.29, 1.82) is 0 Å². The predicted octanol–water partition coefficient (Wildman–Crippen LogP) is 2.40. The van der Waals surface area contributed by atoms with Gasteiger partial charge in [0.1, 0.15) is 23.3 Å². The highest BCUT2D eigenvalue weighted by atomic mass is 19.1. The number of halogens is 1. The first-order chi connectivity index (χ1) is 16.9. The fourth-order valence-corrected chi connectivity index (χ4v) is 4.37. The summed E-state index contributed by atoms with van der Waals surface area (Å²) in [6.07, 6.45) is 3.48. The van der Waals surface area contributed by atoms with Crippen LogP contribution in [0.15, 0.2) is 65.8 Å². The summed E-state index contributed by atoms with van der Waals surface area (Å²) >= 11 is 0. The van der Waals surface area contributed by atoms with E-state index >= 15 is 0 Å². The Morgan fingerprint density at radius 3 is 2.63 bits per heavy atom. The van der Waals surface area contributed by atoms with Gasteiger partial charge in [0.05, 0.1) is 31.1 Å². The standard InChI is InChI=1S/C25H24FN5O4/c1-35-20-4-2-3-19(13-20)31-22-21(14-28-31)24(33)30(16-27-22)15-25(34)9-11-29(12-10-25)23(32)17-5-7-18(26)8-6-17/h2-8,13-14,16,34H,9-12,15H2,1H3. The van der Waals surface area contributed by atoms with Crippen molar-refractivity contribution < 1.29 is 19.0 Å². The molecule has 0 bridgehead atoms. The number of carbonyl (C=O) groups excluding carboxylic acids is 1. The Balaban J connectivity index is 1.32. The highest BCUT2D eigenvalue weighted by molar-refractivity contribution is 5.94. The molecule has 5 rings (SSSR count). The van der Waals surface area contributed by atoms with Crippen LogP contribution in [0.4, 0.5) is 4.39 Å². The van der Waals surface area contributed by atoms with E-state index in [9.17, 15) is 19.1 Å². The van der Waals surface area contributed by atoms with Gasteiger partial charge in [0.2, 0.25) is 0 Å². The number of likely N-dealkylation sites (tertiary alicyclic amines) is 1. The molecule has 1 aliphatic heterocycles. The van der Waals surface area contributed by atoms with Crippen LogP contribution in [0.1, 0.15) is 23.2 Å². The average molecular weight is 477 g/mol. The van der Waals surface area contributed by atoms with Crippen LogP contribution in [-0.2, 0) is 6.54 Å². The maximum atomic E-state index is 13.1. The molecule has 3 heterocycles. The Bertz CT molecular complexity index is 1440. The summed E-state index contributed by atoms with van der Waals surface area (Å²) in [6, 6.07) is 12.7. The molecule has 0 unspecified atom stereocenters. The maximum absolute atomic E-state index is 13.1. The third-order valence-corrected chi connectivity index (χ3v) is 6.39. The number of methoxy groups -OCH3 is 1. The third-order valence-electron chi connectivity index (χ3n) is 6.39. The summed E-state index contributed by atoms with van der Waals surface area (Å²) in [5.41, 5.74) is 0.0480. The zero-order valence-corrected chi connectivity index (χ0v) is 19.1. The molecule has 0 atom stereocenters. The van der Waals surface area contributed by atoms with Gasteiger partial charge in [-0.1, -0.05) is 6.07 Å². The molecule has 1 aliphatic rings. The second-order valence-electron chi connectivity index (χ2n) is 8.70. The zero-order valence-electron chi connectivity index (χ0n) is 19.1. The smallest absolute Gasteiger partial charge is 0.264 e. The van der Waals surface area contributed by atoms with E-state index in [4.69, 9.17) is 4.74 Å². The largest absolute Gasteiger partial charge is 0.497 e. The van der Waals surface area contributed by atoms with Crippen LogP contribution in [0.3, 0.4) is 0 Å². The van der Waals surface area contributed by atoms with E-state index in [1.54, 1.807) is 22.8 Å². The number of fused-ring (bicyclic) bond motifs is 1. The van der Waals surface area contributed by atoms with Crippen molar-refractivity contribution in [3.05, 3.63) is 82.8 Å². The fourth-order valence-electron chi connectivity index (χ4n) is 4.37. The van der Waals surface area contributed by atoms with Crippen molar-refractivity contribution >= 4 is 16.9 Å². The van der Waals surface area contributed by atoms with Gasteiger partial charge >= 0.3 is 0 Å². The Hall–Kier alpha value is -4.05. The van der Waals surface area contributed by atoms with Gasteiger partial charge in [0.25, 0.3) is 11.5 Å². The van der Waals surface area contributed by atoms with Crippen molar-refractivity contribution in [2.45, 2.75) is 25.0 Å². The molecule has 9 nitrogen and oxygen atoms in total. The van der Waals surface area contributed by atoms with Crippen LogP contribution in [0.2, 0.25) is 0 Å². The molecule has 2 aromatic heterocycles. The Labute approximate surface area is 200 Å². The first-order valence-corrected chi connectivity index (χ1v) is 11.2. The third kappa shape index (κ3) is 4.40. The van der Waals surface area contributed by atoms with E-state index in [2.05, 4.69) is 10.1 Å². The number of nitrogens with zero attached hydrogens (tertiary/aromatic N) is 5. The quantitative estimate of drug-likeness (QED) is 0.474. The van der Waals surface area contributed by atoms with Crippen LogP contribution in [0.25, 0.3) is 16.7 Å². The summed E-state index contributed by atoms with van der Waals surface area (Å²) in [5.74, 6) is 0.0443. The molecule has 4 aromatic rings. The van der Waals surface area contributed by atoms with Gasteiger partial charge in [-0.05, 0) is 49.2 Å². The molecule has 1 saturated heterocycles. The van der Waals surface area contributed by atoms with Gasteiger partial charge in [-0.25, -0.2) is 14.1 Å². The van der Waals surface area contributed by atoms with Crippen molar-refractivity contribution in [3.8, 4) is 11.4 Å². The van der Waals surface area contributed by atoms with Crippen LogP contribution in [-0.4, -0.2) is 61.0 Å². The van der Waals surface area contributed by atoms with E-state index < -0.39 is 11.4 Å². The molecule has 180 valence electrons. The topological polar surface area (TPSA) is 102 Å². The van der Waals surface area contributed by atoms with Gasteiger partial charge in [-0.3, -0.25) is 14.2 Å². The number of aromatic nitrogens is 4. The van der Waals surface area contributed by atoms with E-state index in [0.29, 0.717) is 54.0 Å². The number of hydrogen-bond donors (Lipinski definition) is 1. The molecule has 1 fully saturated rings. The van der Waals surface area contributed by atoms with E-state index in [1.165, 1.54) is 41.4 Å². The Kier molecular flexibility index (Phi) is 5.81. The second-order valence-corrected chi connectivity index (χ2v) is 8.70. The maximum Gasteiger partial charge on any atom is 0.264 e. The number of hydrogen-bond acceptors (Lipinski definition) is 6. The highest BCUT2D eigenvalue weighted by Gasteiger charge is 2.35. The van der Waals surface area contributed by atoms with Crippen molar-refractivity contribution in [1.82, 2.24) is 24.2 Å². The minimum atomic E-state index is -1.17. The lowest BCUT2D eigenvalue weighted by Crippen LogP contribution is -2.49. The van der Waals surface area contributed by atoms with Crippen LogP contribution in [0, 0.1) is 5.82 Å². The van der Waals surface area contributed by atoms with Gasteiger partial charge in [-0.15, -0.1) is 0 Å². The van der Waals surface area contributed by atoms with Crippen LogP contribution >= 0.6 is 0 Å². The average Bonchev–Trinajstić information content (AvgIpc) is 3.31. The summed E-state index contributed by atoms with van der Waals surface area (Å²) in [5, 5.41) is 15.8. The second kappa shape index (κ2) is 8.95. The molecular weight excluding hydrogens is 453 g/mol. The van der Waals surface area contributed by atoms with Crippen LogP contribution < -0.4 is 10.3 Å². The monoisotopic (exact) mass is 477 g/mol. The lowest BCUT2D eigenvalue weighted by molar-refractivity contribution is -0.0299. The van der Waals surface area contributed by atoms with Crippen molar-refractivity contribution in [2.24, 2.45) is 0 Å². The van der Waals surface area contributed by atoms with E-state index in [0.717, 1.165) is 0 Å². The minimum absolute atomic E-state index is 0.0533. The number of piperidine rings is 1. The normalized spacial score (nSPS) is 15.3. The fraction of sp³-hybridized carbons (Fsp3) is 0.280. The molecule has 10 heteroatoms. The number of aliphatic hydroxyl groups is 1. The first kappa shape index (κ1) is 22.7. The molecule has 0 spiro atoms. The molecule has 2 aromatic carbocycles. The SMILES string of the molecule is COc1cccc(-n2ncc3c(=O)n(CC4(O)CCN(C(=O)c5ccc(F)cc5)CC4)cnc32)c1. The number of carbonyl (C=O) groups is 1. The van der Waals surface area contributed by atoms with Gasteiger partial charge in [0, 0.05) is 24.7 Å². The number of ether oxygens (including phenoxy) is 1. The summed E-state index contributed by atoms with van der Waals surface area (Å²) in [6.45, 7) is 0.702. The Morgan fingerprint density at radius 1 is 1.17 bits per heavy atom. The zero-order chi connectivity index (χ0) is 24.6. The molecule has 0 aliphatic carbocycles. The number of amides is 1. The molecular formula is C25H24FN5O4. The van der Waals surface area contributed by atoms with Gasteiger partial charge in [0.15, 0.2) is 5.65 Å². The molecule has 35 heavy (non-hydrogen) atoms. The highest BCUT2D eigenvalue weighted by Crippen LogP contribution is 2.25. The summed E-state index contributed by atoms with van der Waals surface area (Å²) < 4.78 is 21.4. The molecule has 1 amide bonds. The minimum Gasteiger partial charge on any atom is -0.497 e. The molecule has 0 saturated carbocycles. The number of benzene rings is 2. The predicted molar refractivity (Wildman–Crippen MR) is 126 cm³/mol. The van der Waals surface area contributed by atoms with Crippen LogP contribution in [0.5, 0.6) is 5.75 Å². The van der Waals surface area contributed by atoms with E-state index in [1.807, 2.05) is 18.2 Å². The van der Waals surface area contributed by atoms with Crippen molar-refractivity contribution in [3.63, 3.8) is 0 Å². The van der Waals surface area contributed by atoms with Crippen molar-refractivity contribution in [2.75, 3.05) is 20.2 Å². The van der Waals surface area contributed by atoms with Gasteiger partial charge in [-0.2, -0.15) is 5.10 Å². The molecule has 0 radical (unpaired) electrons. The summed E-state index contributed by atoms with van der Waals surface area (Å²) in [4.78, 5) is 31.9. The van der Waals surface area contributed by atoms with E-state index in [-0.39, 0.29) is 18.0 Å². The summed E-state index contributed by atoms with van der Waals surface area (Å²) in [7, 11) is 1.57. The lowest BCUT2D eigenvalue weighted by atomic mass is 9.91. The lowest BCUT2D eigenvalue weighted by Gasteiger charge is -2.38. The van der Waals surface area contributed by atoms with Gasteiger partial charge < -0.3 is 14.7 Å². The molecule has 1 N–H and O–H groups in total.